The molecule has 0 spiro atoms. The second-order valence-corrected chi connectivity index (χ2v) is 6.01. The smallest absolute Gasteiger partial charge is 0.168 e. The second-order valence-electron chi connectivity index (χ2n) is 6.01. The van der Waals surface area contributed by atoms with E-state index in [9.17, 15) is 9.90 Å². The molecule has 2 aromatic rings. The van der Waals surface area contributed by atoms with Gasteiger partial charge in [-0.3, -0.25) is 14.8 Å². The summed E-state index contributed by atoms with van der Waals surface area (Å²) < 4.78 is 0. The van der Waals surface area contributed by atoms with Crippen LogP contribution in [0.2, 0.25) is 0 Å². The molecule has 0 saturated heterocycles. The molecule has 0 saturated carbocycles. The summed E-state index contributed by atoms with van der Waals surface area (Å²) in [4.78, 5) is 21.1. The first-order valence-corrected chi connectivity index (χ1v) is 8.09. The molecule has 24 heavy (non-hydrogen) atoms. The second kappa shape index (κ2) is 7.21. The quantitative estimate of drug-likeness (QED) is 0.860. The number of carbonyl (C=O) groups is 1. The summed E-state index contributed by atoms with van der Waals surface area (Å²) in [5.41, 5.74) is 2.24. The highest BCUT2D eigenvalue weighted by Crippen LogP contribution is 2.33. The minimum absolute atomic E-state index is 0.0315. The van der Waals surface area contributed by atoms with Crippen LogP contribution in [0.4, 0.5) is 0 Å². The molecular weight excluding hydrogens is 300 g/mol. The molecule has 3 rings (SSSR count). The van der Waals surface area contributed by atoms with E-state index >= 15 is 0 Å². The monoisotopic (exact) mass is 320 g/mol. The van der Waals surface area contributed by atoms with Crippen LogP contribution in [0.25, 0.3) is 0 Å². The Morgan fingerprint density at radius 3 is 2.58 bits per heavy atom. The summed E-state index contributed by atoms with van der Waals surface area (Å²) in [6.45, 7) is 1.91. The van der Waals surface area contributed by atoms with Crippen molar-refractivity contribution in [3.8, 4) is 0 Å². The molecule has 122 valence electrons. The summed E-state index contributed by atoms with van der Waals surface area (Å²) in [6, 6.07) is 15.3. The van der Waals surface area contributed by atoms with Crippen molar-refractivity contribution in [3.63, 3.8) is 0 Å². The molecular formula is C20H20N2O2. The predicted octanol–water partition coefficient (Wildman–Crippen LogP) is 4.17. The third-order valence-electron chi connectivity index (χ3n) is 4.30. The van der Waals surface area contributed by atoms with Crippen LogP contribution >= 0.6 is 0 Å². The van der Waals surface area contributed by atoms with Gasteiger partial charge in [-0.2, -0.15) is 0 Å². The van der Waals surface area contributed by atoms with Gasteiger partial charge in [-0.25, -0.2) is 0 Å². The molecule has 1 aliphatic rings. The first-order valence-electron chi connectivity index (χ1n) is 8.09. The van der Waals surface area contributed by atoms with E-state index in [1.54, 1.807) is 6.20 Å². The van der Waals surface area contributed by atoms with Gasteiger partial charge in [-0.15, -0.1) is 0 Å². The molecule has 0 radical (unpaired) electrons. The van der Waals surface area contributed by atoms with Gasteiger partial charge in [0.2, 0.25) is 0 Å². The zero-order valence-electron chi connectivity index (χ0n) is 13.6. The Kier molecular flexibility index (Phi) is 4.85. The van der Waals surface area contributed by atoms with Gasteiger partial charge < -0.3 is 5.11 Å². The largest absolute Gasteiger partial charge is 0.511 e. The molecule has 0 aliphatic heterocycles. The van der Waals surface area contributed by atoms with Crippen LogP contribution in [0.5, 0.6) is 0 Å². The summed E-state index contributed by atoms with van der Waals surface area (Å²) in [7, 11) is 0. The molecule has 1 heterocycles. The molecule has 1 aromatic carbocycles. The van der Waals surface area contributed by atoms with Gasteiger partial charge >= 0.3 is 0 Å². The molecule has 2 unspecified atom stereocenters. The Morgan fingerprint density at radius 1 is 1.17 bits per heavy atom. The number of aromatic nitrogens is 1. The maximum Gasteiger partial charge on any atom is 0.168 e. The van der Waals surface area contributed by atoms with Crippen LogP contribution in [0.1, 0.15) is 43.0 Å². The van der Waals surface area contributed by atoms with Crippen LogP contribution in [0, 0.1) is 0 Å². The Labute approximate surface area is 141 Å². The molecule has 0 fully saturated rings. The number of nitrogens with zero attached hydrogens (tertiary/aromatic N) is 2. The van der Waals surface area contributed by atoms with E-state index in [4.69, 9.17) is 0 Å². The Bertz CT molecular complexity index is 767. The van der Waals surface area contributed by atoms with Crippen LogP contribution in [-0.4, -0.2) is 22.1 Å². The molecule has 0 amide bonds. The molecule has 4 nitrogen and oxygen atoms in total. The van der Waals surface area contributed by atoms with Gasteiger partial charge in [-0.05, 0) is 30.5 Å². The predicted molar refractivity (Wildman–Crippen MR) is 94.2 cm³/mol. The van der Waals surface area contributed by atoms with Crippen LogP contribution < -0.4 is 0 Å². The SMILES string of the molecule is CC(N=CC1=C(O)CC(c2ccccc2)CC1=O)c1ccccn1. The number of aliphatic hydroxyl groups is 1. The van der Waals surface area contributed by atoms with Crippen molar-refractivity contribution in [1.82, 2.24) is 4.98 Å². The van der Waals surface area contributed by atoms with E-state index in [-0.39, 0.29) is 23.5 Å². The number of hydrogen-bond donors (Lipinski definition) is 1. The zero-order chi connectivity index (χ0) is 16.9. The lowest BCUT2D eigenvalue weighted by Crippen LogP contribution is -2.19. The maximum absolute atomic E-state index is 12.4. The number of rotatable bonds is 4. The van der Waals surface area contributed by atoms with Crippen molar-refractivity contribution >= 4 is 12.0 Å². The third-order valence-corrected chi connectivity index (χ3v) is 4.30. The van der Waals surface area contributed by atoms with Crippen molar-refractivity contribution in [2.75, 3.05) is 0 Å². The third kappa shape index (κ3) is 3.59. The van der Waals surface area contributed by atoms with E-state index in [1.165, 1.54) is 6.21 Å². The number of aliphatic imine (C=N–C) groups is 1. The lowest BCUT2D eigenvalue weighted by atomic mass is 9.83. The van der Waals surface area contributed by atoms with Gasteiger partial charge in [-0.1, -0.05) is 36.4 Å². The molecule has 1 N–H and O–H groups in total. The first-order chi connectivity index (χ1) is 11.6. The van der Waals surface area contributed by atoms with Crippen molar-refractivity contribution in [2.24, 2.45) is 4.99 Å². The van der Waals surface area contributed by atoms with E-state index in [0.29, 0.717) is 18.4 Å². The van der Waals surface area contributed by atoms with Crippen LogP contribution in [-0.2, 0) is 4.79 Å². The molecule has 1 aliphatic carbocycles. The molecule has 0 bridgehead atoms. The first kappa shape index (κ1) is 16.1. The number of benzene rings is 1. The average molecular weight is 320 g/mol. The lowest BCUT2D eigenvalue weighted by molar-refractivity contribution is -0.116. The summed E-state index contributed by atoms with van der Waals surface area (Å²) in [6.07, 6.45) is 4.08. The lowest BCUT2D eigenvalue weighted by Gasteiger charge is -2.22. The van der Waals surface area contributed by atoms with Crippen molar-refractivity contribution in [3.05, 3.63) is 77.3 Å². The highest BCUT2D eigenvalue weighted by molar-refractivity contribution is 6.14. The van der Waals surface area contributed by atoms with E-state index < -0.39 is 0 Å². The van der Waals surface area contributed by atoms with Gasteiger partial charge in [0.15, 0.2) is 5.78 Å². The average Bonchev–Trinajstić information content (AvgIpc) is 2.62. The van der Waals surface area contributed by atoms with Crippen molar-refractivity contribution in [1.29, 1.82) is 0 Å². The van der Waals surface area contributed by atoms with Gasteiger partial charge in [0, 0.05) is 25.3 Å². The topological polar surface area (TPSA) is 62.6 Å². The minimum atomic E-state index is -0.161. The number of hydrogen-bond acceptors (Lipinski definition) is 4. The Morgan fingerprint density at radius 2 is 1.92 bits per heavy atom. The fourth-order valence-corrected chi connectivity index (χ4v) is 2.90. The molecule has 2 atom stereocenters. The van der Waals surface area contributed by atoms with Gasteiger partial charge in [0.1, 0.15) is 5.76 Å². The summed E-state index contributed by atoms with van der Waals surface area (Å²) in [5.74, 6) is 0.0886. The fraction of sp³-hybridized carbons (Fsp3) is 0.250. The number of ketones is 1. The number of allylic oxidation sites excluding steroid dienone is 2. The maximum atomic E-state index is 12.4. The summed E-state index contributed by atoms with van der Waals surface area (Å²) >= 11 is 0. The Hall–Kier alpha value is -2.75. The standard InChI is InChI=1S/C20H20N2O2/c1-14(18-9-5-6-10-21-18)22-13-17-19(23)11-16(12-20(17)24)15-7-3-2-4-8-15/h2-10,13-14,16,23H,11-12H2,1H3. The number of carbonyl (C=O) groups excluding carboxylic acids is 1. The van der Waals surface area contributed by atoms with Gasteiger partial charge in [0.25, 0.3) is 0 Å². The highest BCUT2D eigenvalue weighted by atomic mass is 16.3. The van der Waals surface area contributed by atoms with Crippen LogP contribution in [0.15, 0.2) is 71.1 Å². The highest BCUT2D eigenvalue weighted by Gasteiger charge is 2.27. The summed E-state index contributed by atoms with van der Waals surface area (Å²) in [5, 5.41) is 10.3. The van der Waals surface area contributed by atoms with Crippen molar-refractivity contribution in [2.45, 2.75) is 31.7 Å². The zero-order valence-corrected chi connectivity index (χ0v) is 13.6. The molecule has 1 aromatic heterocycles. The number of pyridine rings is 1. The Balaban J connectivity index is 1.76. The van der Waals surface area contributed by atoms with E-state index in [1.807, 2.05) is 55.5 Å². The normalized spacial score (nSPS) is 19.7. The minimum Gasteiger partial charge on any atom is -0.511 e. The van der Waals surface area contributed by atoms with Crippen LogP contribution in [0.3, 0.4) is 0 Å². The van der Waals surface area contributed by atoms with E-state index in [2.05, 4.69) is 9.98 Å². The van der Waals surface area contributed by atoms with Gasteiger partial charge in [0.05, 0.1) is 17.3 Å². The van der Waals surface area contributed by atoms with Crippen molar-refractivity contribution < 1.29 is 9.90 Å². The number of aliphatic hydroxyl groups excluding tert-OH is 1. The fourth-order valence-electron chi connectivity index (χ4n) is 2.90. The molecule has 4 heteroatoms. The van der Waals surface area contributed by atoms with E-state index in [0.717, 1.165) is 11.3 Å². The number of Topliss-reactive ketones (excluding diaryl/α,β-unsaturated/α-hetero) is 1.